The SMILES string of the molecule is CC[C@]1(C2CCN(Cc3ccc(F)c(OC)c3)CC2)NC(=O)N(Cc2ccc3c(c2)OCO3)C1=O. The molecule has 3 aliphatic heterocycles. The van der Waals surface area contributed by atoms with E-state index in [1.54, 1.807) is 18.2 Å². The third-order valence-electron chi connectivity index (χ3n) is 7.44. The number of nitrogens with zero attached hydrogens (tertiary/aromatic N) is 2. The summed E-state index contributed by atoms with van der Waals surface area (Å²) in [5, 5.41) is 3.05. The molecule has 2 fully saturated rings. The Morgan fingerprint density at radius 2 is 1.77 bits per heavy atom. The van der Waals surface area contributed by atoms with Crippen LogP contribution in [0.5, 0.6) is 17.2 Å². The van der Waals surface area contributed by atoms with Gasteiger partial charge in [0.05, 0.1) is 13.7 Å². The lowest BCUT2D eigenvalue weighted by Gasteiger charge is -2.40. The molecule has 35 heavy (non-hydrogen) atoms. The molecule has 2 aromatic rings. The molecule has 5 rings (SSSR count). The number of piperidine rings is 1. The largest absolute Gasteiger partial charge is 0.494 e. The Hall–Kier alpha value is -3.33. The first-order valence-corrected chi connectivity index (χ1v) is 12.0. The number of likely N-dealkylation sites (tertiary alicyclic amines) is 1. The van der Waals surface area contributed by atoms with Gasteiger partial charge in [-0.05, 0) is 73.7 Å². The summed E-state index contributed by atoms with van der Waals surface area (Å²) >= 11 is 0. The Morgan fingerprint density at radius 3 is 2.51 bits per heavy atom. The van der Waals surface area contributed by atoms with Crippen LogP contribution in [-0.4, -0.2) is 54.3 Å². The number of hydrogen-bond donors (Lipinski definition) is 1. The highest BCUT2D eigenvalue weighted by Crippen LogP contribution is 2.38. The fourth-order valence-electron chi connectivity index (χ4n) is 5.46. The van der Waals surface area contributed by atoms with Crippen molar-refractivity contribution in [3.8, 4) is 17.2 Å². The highest BCUT2D eigenvalue weighted by atomic mass is 19.1. The highest BCUT2D eigenvalue weighted by molar-refractivity contribution is 6.07. The van der Waals surface area contributed by atoms with Crippen LogP contribution < -0.4 is 19.5 Å². The van der Waals surface area contributed by atoms with E-state index in [0.717, 1.165) is 37.1 Å². The molecule has 0 radical (unpaired) electrons. The summed E-state index contributed by atoms with van der Waals surface area (Å²) in [4.78, 5) is 30.1. The molecule has 2 aromatic carbocycles. The minimum absolute atomic E-state index is 0.0460. The first kappa shape index (κ1) is 23.4. The van der Waals surface area contributed by atoms with Crippen molar-refractivity contribution in [2.75, 3.05) is 27.0 Å². The fraction of sp³-hybridized carbons (Fsp3) is 0.462. The molecule has 0 aliphatic carbocycles. The second-order valence-electron chi connectivity index (χ2n) is 9.35. The maximum atomic E-state index is 13.7. The number of hydrogen-bond acceptors (Lipinski definition) is 6. The molecule has 0 spiro atoms. The molecule has 3 aliphatic rings. The zero-order chi connectivity index (χ0) is 24.6. The summed E-state index contributed by atoms with van der Waals surface area (Å²) < 4.78 is 29.6. The second kappa shape index (κ2) is 9.37. The number of ether oxygens (including phenoxy) is 3. The van der Waals surface area contributed by atoms with Crippen LogP contribution in [0, 0.1) is 11.7 Å². The van der Waals surface area contributed by atoms with Crippen molar-refractivity contribution < 1.29 is 28.2 Å². The molecule has 1 N–H and O–H groups in total. The van der Waals surface area contributed by atoms with Crippen molar-refractivity contribution in [3.05, 3.63) is 53.3 Å². The van der Waals surface area contributed by atoms with Crippen LogP contribution in [0.4, 0.5) is 9.18 Å². The topological polar surface area (TPSA) is 80.3 Å². The highest BCUT2D eigenvalue weighted by Gasteiger charge is 2.54. The summed E-state index contributed by atoms with van der Waals surface area (Å²) in [6.45, 7) is 4.58. The number of carbonyl (C=O) groups excluding carboxylic acids is 2. The van der Waals surface area contributed by atoms with Crippen LogP contribution >= 0.6 is 0 Å². The lowest BCUT2D eigenvalue weighted by Crippen LogP contribution is -2.55. The van der Waals surface area contributed by atoms with Crippen molar-refractivity contribution in [3.63, 3.8) is 0 Å². The molecule has 9 heteroatoms. The lowest BCUT2D eigenvalue weighted by molar-refractivity contribution is -0.134. The van der Waals surface area contributed by atoms with Crippen molar-refractivity contribution >= 4 is 11.9 Å². The first-order valence-electron chi connectivity index (χ1n) is 12.0. The van der Waals surface area contributed by atoms with Gasteiger partial charge in [0.15, 0.2) is 23.1 Å². The predicted molar refractivity (Wildman–Crippen MR) is 126 cm³/mol. The van der Waals surface area contributed by atoms with Gasteiger partial charge in [0.25, 0.3) is 5.91 Å². The normalized spacial score (nSPS) is 22.5. The van der Waals surface area contributed by atoms with Crippen LogP contribution in [0.15, 0.2) is 36.4 Å². The number of urea groups is 1. The lowest BCUT2D eigenvalue weighted by atomic mass is 9.75. The van der Waals surface area contributed by atoms with Gasteiger partial charge >= 0.3 is 6.03 Å². The number of amides is 3. The molecule has 3 amide bonds. The average Bonchev–Trinajstić information content (AvgIpc) is 3.43. The van der Waals surface area contributed by atoms with Crippen LogP contribution in [0.3, 0.4) is 0 Å². The van der Waals surface area contributed by atoms with Crippen LogP contribution in [0.1, 0.15) is 37.3 Å². The Morgan fingerprint density at radius 1 is 1.06 bits per heavy atom. The van der Waals surface area contributed by atoms with Gasteiger partial charge in [-0.25, -0.2) is 9.18 Å². The smallest absolute Gasteiger partial charge is 0.325 e. The molecule has 0 bridgehead atoms. The van der Waals surface area contributed by atoms with E-state index in [-0.39, 0.29) is 42.8 Å². The number of fused-ring (bicyclic) bond motifs is 1. The zero-order valence-electron chi connectivity index (χ0n) is 20.0. The van der Waals surface area contributed by atoms with Gasteiger partial charge in [0, 0.05) is 6.54 Å². The van der Waals surface area contributed by atoms with Crippen LogP contribution in [-0.2, 0) is 17.9 Å². The Kier molecular flexibility index (Phi) is 6.27. The van der Waals surface area contributed by atoms with Gasteiger partial charge in [0.2, 0.25) is 6.79 Å². The monoisotopic (exact) mass is 483 g/mol. The number of halogens is 1. The van der Waals surface area contributed by atoms with Gasteiger partial charge in [-0.2, -0.15) is 0 Å². The standard InChI is InChI=1S/C26H30FN3O5/c1-3-26(19-8-10-29(11-9-19)14-17-4-6-20(27)22(12-17)33-2)24(31)30(25(32)28-26)15-18-5-7-21-23(13-18)35-16-34-21/h4-7,12-13,19H,3,8-11,14-16H2,1-2H3,(H,28,32)/t26-/m1/s1. The van der Waals surface area contributed by atoms with Gasteiger partial charge in [-0.3, -0.25) is 14.6 Å². The minimum Gasteiger partial charge on any atom is -0.494 e. The Balaban J connectivity index is 1.24. The van der Waals surface area contributed by atoms with E-state index in [4.69, 9.17) is 14.2 Å². The van der Waals surface area contributed by atoms with Crippen molar-refractivity contribution in [1.29, 1.82) is 0 Å². The summed E-state index contributed by atoms with van der Waals surface area (Å²) in [7, 11) is 1.46. The molecule has 3 heterocycles. The molecule has 1 atom stereocenters. The summed E-state index contributed by atoms with van der Waals surface area (Å²) in [5.74, 6) is 1.04. The molecule has 0 unspecified atom stereocenters. The number of methoxy groups -OCH3 is 1. The van der Waals surface area contributed by atoms with Gasteiger partial charge < -0.3 is 19.5 Å². The predicted octanol–water partition coefficient (Wildman–Crippen LogP) is 3.68. The first-order chi connectivity index (χ1) is 16.9. The molecular formula is C26H30FN3O5. The minimum atomic E-state index is -0.890. The van der Waals surface area contributed by atoms with Crippen LogP contribution in [0.2, 0.25) is 0 Å². The third-order valence-corrected chi connectivity index (χ3v) is 7.44. The van der Waals surface area contributed by atoms with E-state index < -0.39 is 5.54 Å². The zero-order valence-corrected chi connectivity index (χ0v) is 20.0. The van der Waals surface area contributed by atoms with E-state index in [2.05, 4.69) is 10.2 Å². The van der Waals surface area contributed by atoms with Crippen molar-refractivity contribution in [1.82, 2.24) is 15.1 Å². The number of carbonyl (C=O) groups is 2. The van der Waals surface area contributed by atoms with E-state index in [0.29, 0.717) is 24.5 Å². The maximum absolute atomic E-state index is 13.7. The van der Waals surface area contributed by atoms with Gasteiger partial charge in [-0.15, -0.1) is 0 Å². The number of nitrogens with one attached hydrogen (secondary N) is 1. The fourth-order valence-corrected chi connectivity index (χ4v) is 5.46. The quantitative estimate of drug-likeness (QED) is 0.606. The average molecular weight is 484 g/mol. The number of imide groups is 1. The molecule has 186 valence electrons. The molecular weight excluding hydrogens is 453 g/mol. The van der Waals surface area contributed by atoms with Crippen molar-refractivity contribution in [2.24, 2.45) is 5.92 Å². The third kappa shape index (κ3) is 4.29. The Bertz CT molecular complexity index is 1130. The molecule has 0 aromatic heterocycles. The van der Waals surface area contributed by atoms with E-state index >= 15 is 0 Å². The molecule has 8 nitrogen and oxygen atoms in total. The summed E-state index contributed by atoms with van der Waals surface area (Å²) in [6.07, 6.45) is 2.11. The van der Waals surface area contributed by atoms with Crippen molar-refractivity contribution in [2.45, 2.75) is 44.8 Å². The molecule has 0 saturated carbocycles. The van der Waals surface area contributed by atoms with Gasteiger partial charge in [-0.1, -0.05) is 19.1 Å². The van der Waals surface area contributed by atoms with E-state index in [9.17, 15) is 14.0 Å². The summed E-state index contributed by atoms with van der Waals surface area (Å²) in [5.41, 5.74) is 0.903. The number of benzene rings is 2. The van der Waals surface area contributed by atoms with Crippen LogP contribution in [0.25, 0.3) is 0 Å². The van der Waals surface area contributed by atoms with E-state index in [1.807, 2.05) is 19.1 Å². The second-order valence-corrected chi connectivity index (χ2v) is 9.35. The van der Waals surface area contributed by atoms with E-state index in [1.165, 1.54) is 18.1 Å². The van der Waals surface area contributed by atoms with Gasteiger partial charge in [0.1, 0.15) is 5.54 Å². The summed E-state index contributed by atoms with van der Waals surface area (Å²) in [6, 6.07) is 10.0. The number of rotatable bonds is 7. The maximum Gasteiger partial charge on any atom is 0.325 e. The molecule has 2 saturated heterocycles. The Labute approximate surface area is 203 Å².